The molecule has 0 radical (unpaired) electrons. The van der Waals surface area contributed by atoms with E-state index < -0.39 is 18.3 Å². The molecule has 4 aliphatic rings. The average Bonchev–Trinajstić information content (AvgIpc) is 3.16. The highest BCUT2D eigenvalue weighted by molar-refractivity contribution is 7.90. The zero-order valence-corrected chi connectivity index (χ0v) is 30.1. The second-order valence-electron chi connectivity index (χ2n) is 14.4. The van der Waals surface area contributed by atoms with Crippen molar-refractivity contribution < 1.29 is 22.4 Å². The molecule has 1 spiro atoms. The SMILES string of the molecule is CC[Si](CC)(CC)O[C@@H](C[C@@H]1O[C@]1(C)CC/C=C/C(=O)N1[C@H]2C[C@@H]3CC[C@@]2(CS1(=O)=O)C3(C)C)/C(C)=C/c1csc(C)n1. The molecule has 5 rings (SSSR count). The molecule has 6 atom stereocenters. The van der Waals surface area contributed by atoms with Crippen LogP contribution < -0.4 is 0 Å². The van der Waals surface area contributed by atoms with Gasteiger partial charge >= 0.3 is 0 Å². The van der Waals surface area contributed by atoms with Gasteiger partial charge < -0.3 is 9.16 Å². The monoisotopic (exact) mass is 648 g/mol. The van der Waals surface area contributed by atoms with E-state index in [1.54, 1.807) is 11.3 Å². The second-order valence-corrected chi connectivity index (χ2v) is 22.0. The van der Waals surface area contributed by atoms with Crippen molar-refractivity contribution in [2.75, 3.05) is 5.75 Å². The van der Waals surface area contributed by atoms with E-state index in [1.165, 1.54) is 16.0 Å². The Morgan fingerprint density at radius 2 is 1.95 bits per heavy atom. The molecule has 1 aromatic rings. The Morgan fingerprint density at radius 3 is 2.56 bits per heavy atom. The Labute approximate surface area is 264 Å². The fourth-order valence-electron chi connectivity index (χ4n) is 8.61. The Bertz CT molecular complexity index is 1370. The molecule has 7 nitrogen and oxygen atoms in total. The molecule has 43 heavy (non-hydrogen) atoms. The van der Waals surface area contributed by atoms with Gasteiger partial charge in [-0.05, 0) is 94.0 Å². The molecule has 0 unspecified atom stereocenters. The maximum atomic E-state index is 13.3. The summed E-state index contributed by atoms with van der Waals surface area (Å²) < 4.78 is 41.0. The van der Waals surface area contributed by atoms with Crippen LogP contribution in [0.5, 0.6) is 0 Å². The van der Waals surface area contributed by atoms with Crippen molar-refractivity contribution in [3.8, 4) is 0 Å². The quantitative estimate of drug-likeness (QED) is 0.125. The van der Waals surface area contributed by atoms with Gasteiger partial charge in [-0.1, -0.05) is 40.7 Å². The lowest BCUT2D eigenvalue weighted by Gasteiger charge is -2.36. The number of sulfonamides is 1. The van der Waals surface area contributed by atoms with Gasteiger partial charge in [0.2, 0.25) is 10.0 Å². The van der Waals surface area contributed by atoms with Crippen LogP contribution in [0.2, 0.25) is 18.1 Å². The molecule has 2 saturated carbocycles. The first-order valence-electron chi connectivity index (χ1n) is 16.3. The lowest BCUT2D eigenvalue weighted by Crippen LogP contribution is -2.43. The number of carbonyl (C=O) groups excluding carboxylic acids is 1. The smallest absolute Gasteiger partial charge is 0.259 e. The van der Waals surface area contributed by atoms with Crippen LogP contribution in [0.25, 0.3) is 6.08 Å². The molecule has 1 aromatic heterocycles. The average molecular weight is 649 g/mol. The fourth-order valence-corrected chi connectivity index (χ4v) is 14.6. The first kappa shape index (κ1) is 33.0. The number of hydrogen-bond acceptors (Lipinski definition) is 7. The number of hydrogen-bond donors (Lipinski definition) is 0. The number of nitrogens with zero attached hydrogens (tertiary/aromatic N) is 2. The fraction of sp³-hybridized carbons (Fsp3) is 0.758. The number of thiazole rings is 1. The first-order chi connectivity index (χ1) is 20.2. The predicted octanol–water partition coefficient (Wildman–Crippen LogP) is 7.50. The van der Waals surface area contributed by atoms with Gasteiger partial charge in [-0.2, -0.15) is 0 Å². The van der Waals surface area contributed by atoms with Gasteiger partial charge in [-0.3, -0.25) is 4.79 Å². The van der Waals surface area contributed by atoms with Crippen LogP contribution in [-0.2, 0) is 24.0 Å². The lowest BCUT2D eigenvalue weighted by atomic mass is 9.69. The molecule has 0 N–H and O–H groups in total. The van der Waals surface area contributed by atoms with E-state index in [-0.39, 0.29) is 46.3 Å². The van der Waals surface area contributed by atoms with E-state index in [9.17, 15) is 13.2 Å². The maximum absolute atomic E-state index is 13.3. The van der Waals surface area contributed by atoms with E-state index in [0.717, 1.165) is 60.9 Å². The van der Waals surface area contributed by atoms with Crippen LogP contribution in [0.1, 0.15) is 97.7 Å². The molecule has 240 valence electrons. The molecule has 0 aromatic carbocycles. The minimum Gasteiger partial charge on any atom is -0.410 e. The highest BCUT2D eigenvalue weighted by Gasteiger charge is 2.72. The number of allylic oxidation sites excluding steroid dienone is 1. The lowest BCUT2D eigenvalue weighted by molar-refractivity contribution is -0.124. The summed E-state index contributed by atoms with van der Waals surface area (Å²) in [6.45, 7) is 17.5. The molecule has 2 bridgehead atoms. The standard InChI is InChI=1S/C33H52N2O5S2Si/c1-9-43(10-2,11-3)40-27(23(4)18-26-21-41-24(5)34-26)20-29-32(8,39-29)16-13-12-14-30(36)35-28-19-25-15-17-33(28,31(25,6)7)22-42(35,37)38/h12,14,18,21,25,27-29H,9-11,13,15-17,19-20,22H2,1-8H3/b14-12+,23-18+/t25-,27-,28-,29-,32+,33-/m0/s1. The predicted molar refractivity (Wildman–Crippen MR) is 177 cm³/mol. The molecular weight excluding hydrogens is 597 g/mol. The largest absolute Gasteiger partial charge is 0.410 e. The highest BCUT2D eigenvalue weighted by atomic mass is 32.2. The molecule has 2 aliphatic heterocycles. The zero-order chi connectivity index (χ0) is 31.4. The van der Waals surface area contributed by atoms with Crippen molar-refractivity contribution in [2.24, 2.45) is 16.7 Å². The van der Waals surface area contributed by atoms with Crippen LogP contribution in [0.4, 0.5) is 0 Å². The van der Waals surface area contributed by atoms with Crippen LogP contribution in [-0.4, -0.2) is 61.5 Å². The molecule has 2 saturated heterocycles. The summed E-state index contributed by atoms with van der Waals surface area (Å²) in [4.78, 5) is 17.9. The molecule has 3 heterocycles. The molecule has 2 aliphatic carbocycles. The van der Waals surface area contributed by atoms with Crippen molar-refractivity contribution in [2.45, 2.75) is 136 Å². The summed E-state index contributed by atoms with van der Waals surface area (Å²) >= 11 is 1.66. The highest BCUT2D eigenvalue weighted by Crippen LogP contribution is 2.70. The van der Waals surface area contributed by atoms with Crippen LogP contribution in [0.15, 0.2) is 23.1 Å². The van der Waals surface area contributed by atoms with E-state index >= 15 is 0 Å². The summed E-state index contributed by atoms with van der Waals surface area (Å²) in [5, 5.41) is 3.15. The van der Waals surface area contributed by atoms with Crippen LogP contribution >= 0.6 is 11.3 Å². The first-order valence-corrected chi connectivity index (χ1v) is 21.4. The van der Waals surface area contributed by atoms with Crippen molar-refractivity contribution in [1.82, 2.24) is 9.29 Å². The van der Waals surface area contributed by atoms with Gasteiger partial charge in [0, 0.05) is 23.3 Å². The molecule has 10 heteroatoms. The van der Waals surface area contributed by atoms with Gasteiger partial charge in [0.25, 0.3) is 5.91 Å². The Balaban J connectivity index is 1.21. The summed E-state index contributed by atoms with van der Waals surface area (Å²) in [7, 11) is -5.45. The van der Waals surface area contributed by atoms with Gasteiger partial charge in [-0.25, -0.2) is 17.7 Å². The normalized spacial score (nSPS) is 33.3. The number of fused-ring (bicyclic) bond motifs is 1. The zero-order valence-electron chi connectivity index (χ0n) is 27.4. The van der Waals surface area contributed by atoms with Crippen molar-refractivity contribution in [3.63, 3.8) is 0 Å². The van der Waals surface area contributed by atoms with Gasteiger partial charge in [0.15, 0.2) is 8.32 Å². The van der Waals surface area contributed by atoms with Crippen molar-refractivity contribution in [1.29, 1.82) is 0 Å². The van der Waals surface area contributed by atoms with E-state index in [4.69, 9.17) is 9.16 Å². The summed E-state index contributed by atoms with van der Waals surface area (Å²) in [6, 6.07) is 3.08. The third-order valence-corrected chi connectivity index (χ3v) is 19.4. The topological polar surface area (TPSA) is 89.1 Å². The van der Waals surface area contributed by atoms with Crippen molar-refractivity contribution in [3.05, 3.63) is 33.8 Å². The maximum Gasteiger partial charge on any atom is 0.259 e. The van der Waals surface area contributed by atoms with Crippen LogP contribution in [0.3, 0.4) is 0 Å². The molecule has 1 amide bonds. The number of rotatable bonds is 13. The summed E-state index contributed by atoms with van der Waals surface area (Å²) in [5.74, 6) is 0.224. The molecular formula is C33H52N2O5S2Si. The Kier molecular flexibility index (Phi) is 9.06. The number of epoxide rings is 1. The van der Waals surface area contributed by atoms with Crippen LogP contribution in [0, 0.1) is 23.7 Å². The van der Waals surface area contributed by atoms with Gasteiger partial charge in [-0.15, -0.1) is 11.3 Å². The number of carbonyl (C=O) groups is 1. The minimum atomic E-state index is -3.60. The number of amides is 1. The summed E-state index contributed by atoms with van der Waals surface area (Å²) in [6.07, 6.45) is 10.6. The third kappa shape index (κ3) is 5.88. The number of aromatic nitrogens is 1. The van der Waals surface area contributed by atoms with Crippen molar-refractivity contribution >= 4 is 41.7 Å². The summed E-state index contributed by atoms with van der Waals surface area (Å²) in [5.41, 5.74) is 1.56. The van der Waals surface area contributed by atoms with E-state index in [0.29, 0.717) is 12.3 Å². The van der Waals surface area contributed by atoms with Gasteiger partial charge in [0.05, 0.1) is 40.3 Å². The number of aryl methyl sites for hydroxylation is 1. The number of ether oxygens (including phenoxy) is 1. The second kappa shape index (κ2) is 11.8. The van der Waals surface area contributed by atoms with E-state index in [2.05, 4.69) is 64.9 Å². The van der Waals surface area contributed by atoms with Gasteiger partial charge in [0.1, 0.15) is 0 Å². The van der Waals surface area contributed by atoms with E-state index in [1.807, 2.05) is 13.0 Å². The molecule has 4 fully saturated rings. The minimum absolute atomic E-state index is 0.0174. The third-order valence-electron chi connectivity index (χ3n) is 12.0. The Morgan fingerprint density at radius 1 is 1.26 bits per heavy atom. The Hall–Kier alpha value is -1.33.